The number of ether oxygens (including phenoxy) is 1. The molecule has 2 fully saturated rings. The first-order chi connectivity index (χ1) is 4.92. The second kappa shape index (κ2) is 2.35. The predicted molar refractivity (Wildman–Crippen MR) is 36.6 cm³/mol. The summed E-state index contributed by atoms with van der Waals surface area (Å²) in [5.41, 5.74) is 0. The molecule has 0 radical (unpaired) electrons. The van der Waals surface area contributed by atoms with Crippen LogP contribution in [0.4, 0.5) is 0 Å². The fourth-order valence-corrected chi connectivity index (χ4v) is 1.82. The largest absolute Gasteiger partial charge is 0.381 e. The van der Waals surface area contributed by atoms with Gasteiger partial charge in [-0.2, -0.15) is 0 Å². The summed E-state index contributed by atoms with van der Waals surface area (Å²) in [6.07, 6.45) is 3.40. The van der Waals surface area contributed by atoms with Crippen molar-refractivity contribution in [3.8, 4) is 0 Å². The van der Waals surface area contributed by atoms with Gasteiger partial charge in [0.2, 0.25) is 0 Å². The normalized spacial score (nSPS) is 45.4. The molecule has 0 aromatic heterocycles. The number of carbonyl (C=O) groups excluding carboxylic acids is 1. The SMILES string of the molecule is O=C[C@@H]1C[C@@H]1[C@H]1CCOC1. The Kier molecular flexibility index (Phi) is 1.49. The minimum atomic E-state index is 0.381. The zero-order valence-electron chi connectivity index (χ0n) is 5.95. The van der Waals surface area contributed by atoms with Gasteiger partial charge in [0.05, 0.1) is 0 Å². The molecule has 2 nitrogen and oxygen atoms in total. The average Bonchev–Trinajstić information content (AvgIpc) is 2.56. The molecule has 3 atom stereocenters. The number of hydrogen-bond donors (Lipinski definition) is 0. The van der Waals surface area contributed by atoms with E-state index in [1.54, 1.807) is 0 Å². The molecule has 1 saturated heterocycles. The lowest BCUT2D eigenvalue weighted by Gasteiger charge is -2.02. The highest BCUT2D eigenvalue weighted by Gasteiger charge is 2.43. The van der Waals surface area contributed by atoms with Crippen LogP contribution in [0.2, 0.25) is 0 Å². The van der Waals surface area contributed by atoms with Crippen molar-refractivity contribution in [1.29, 1.82) is 0 Å². The third kappa shape index (κ3) is 0.966. The van der Waals surface area contributed by atoms with E-state index in [9.17, 15) is 4.79 Å². The lowest BCUT2D eigenvalue weighted by Crippen LogP contribution is -2.03. The predicted octanol–water partition coefficient (Wildman–Crippen LogP) is 0.858. The van der Waals surface area contributed by atoms with Crippen molar-refractivity contribution < 1.29 is 9.53 Å². The summed E-state index contributed by atoms with van der Waals surface area (Å²) in [7, 11) is 0. The molecule has 0 unspecified atom stereocenters. The minimum Gasteiger partial charge on any atom is -0.381 e. The average molecular weight is 140 g/mol. The van der Waals surface area contributed by atoms with Crippen LogP contribution < -0.4 is 0 Å². The van der Waals surface area contributed by atoms with Crippen molar-refractivity contribution in [3.05, 3.63) is 0 Å². The third-order valence-corrected chi connectivity index (χ3v) is 2.64. The van der Waals surface area contributed by atoms with Gasteiger partial charge in [-0.05, 0) is 24.7 Å². The maximum Gasteiger partial charge on any atom is 0.123 e. The standard InChI is InChI=1S/C8H12O2/c9-4-7-3-8(7)6-1-2-10-5-6/h4,6-8H,1-3,5H2/t6-,7-,8+/m0/s1. The molecule has 2 heteroatoms. The van der Waals surface area contributed by atoms with Gasteiger partial charge < -0.3 is 9.53 Å². The van der Waals surface area contributed by atoms with Crippen molar-refractivity contribution in [2.24, 2.45) is 17.8 Å². The first-order valence-corrected chi connectivity index (χ1v) is 3.95. The van der Waals surface area contributed by atoms with E-state index < -0.39 is 0 Å². The van der Waals surface area contributed by atoms with E-state index in [0.717, 1.165) is 25.9 Å². The van der Waals surface area contributed by atoms with Crippen LogP contribution in [-0.4, -0.2) is 19.5 Å². The zero-order chi connectivity index (χ0) is 6.97. The van der Waals surface area contributed by atoms with Crippen LogP contribution in [0.3, 0.4) is 0 Å². The van der Waals surface area contributed by atoms with Crippen molar-refractivity contribution in [2.75, 3.05) is 13.2 Å². The molecule has 56 valence electrons. The fourth-order valence-electron chi connectivity index (χ4n) is 1.82. The van der Waals surface area contributed by atoms with Gasteiger partial charge in [-0.25, -0.2) is 0 Å². The monoisotopic (exact) mass is 140 g/mol. The van der Waals surface area contributed by atoms with Gasteiger partial charge >= 0.3 is 0 Å². The Bertz CT molecular complexity index is 138. The molecule has 0 amide bonds. The Morgan fingerprint density at radius 2 is 2.40 bits per heavy atom. The summed E-state index contributed by atoms with van der Waals surface area (Å²) in [5, 5.41) is 0. The summed E-state index contributed by atoms with van der Waals surface area (Å²) in [6.45, 7) is 1.81. The third-order valence-electron chi connectivity index (χ3n) is 2.64. The second-order valence-electron chi connectivity index (χ2n) is 3.32. The Hall–Kier alpha value is -0.370. The Labute approximate surface area is 60.6 Å². The van der Waals surface area contributed by atoms with Crippen LogP contribution in [0, 0.1) is 17.8 Å². The quantitative estimate of drug-likeness (QED) is 0.532. The molecule has 0 spiro atoms. The van der Waals surface area contributed by atoms with Gasteiger partial charge in [0.25, 0.3) is 0 Å². The van der Waals surface area contributed by atoms with Gasteiger partial charge in [-0.3, -0.25) is 0 Å². The van der Waals surface area contributed by atoms with E-state index in [2.05, 4.69) is 0 Å². The van der Waals surface area contributed by atoms with E-state index in [4.69, 9.17) is 4.74 Å². The summed E-state index contributed by atoms with van der Waals surface area (Å²) < 4.78 is 5.24. The number of carbonyl (C=O) groups is 1. The molecule has 0 bridgehead atoms. The van der Waals surface area contributed by atoms with Crippen molar-refractivity contribution in [3.63, 3.8) is 0 Å². The second-order valence-corrected chi connectivity index (χ2v) is 3.32. The maximum atomic E-state index is 10.3. The van der Waals surface area contributed by atoms with Gasteiger partial charge in [0.15, 0.2) is 0 Å². The topological polar surface area (TPSA) is 26.3 Å². The molecule has 1 aliphatic carbocycles. The Balaban J connectivity index is 1.84. The highest BCUT2D eigenvalue weighted by atomic mass is 16.5. The first-order valence-electron chi connectivity index (χ1n) is 3.95. The van der Waals surface area contributed by atoms with Crippen molar-refractivity contribution >= 4 is 6.29 Å². The fraction of sp³-hybridized carbons (Fsp3) is 0.875. The van der Waals surface area contributed by atoms with Crippen LogP contribution in [-0.2, 0) is 9.53 Å². The highest BCUT2D eigenvalue weighted by molar-refractivity contribution is 5.58. The molecule has 1 heterocycles. The molecule has 0 N–H and O–H groups in total. The van der Waals surface area contributed by atoms with Gasteiger partial charge in [-0.15, -0.1) is 0 Å². The van der Waals surface area contributed by atoms with E-state index in [0.29, 0.717) is 17.8 Å². The number of rotatable bonds is 2. The van der Waals surface area contributed by atoms with E-state index >= 15 is 0 Å². The molecule has 0 aromatic carbocycles. The summed E-state index contributed by atoms with van der Waals surface area (Å²) in [6, 6.07) is 0. The van der Waals surface area contributed by atoms with Crippen molar-refractivity contribution in [2.45, 2.75) is 12.8 Å². The van der Waals surface area contributed by atoms with Gasteiger partial charge in [0.1, 0.15) is 6.29 Å². The van der Waals surface area contributed by atoms with E-state index in [1.165, 1.54) is 6.42 Å². The number of aldehydes is 1. The molecule has 2 rings (SSSR count). The molecule has 1 aliphatic heterocycles. The molecular formula is C8H12O2. The van der Waals surface area contributed by atoms with Gasteiger partial charge in [0, 0.05) is 19.1 Å². The van der Waals surface area contributed by atoms with Crippen LogP contribution in [0.15, 0.2) is 0 Å². The lowest BCUT2D eigenvalue weighted by atomic mass is 10.0. The molecular weight excluding hydrogens is 128 g/mol. The summed E-state index contributed by atoms with van der Waals surface area (Å²) in [5.74, 6) is 1.77. The molecule has 2 aliphatic rings. The first kappa shape index (κ1) is 6.35. The van der Waals surface area contributed by atoms with E-state index in [-0.39, 0.29) is 0 Å². The molecule has 0 aromatic rings. The van der Waals surface area contributed by atoms with Crippen LogP contribution in [0.1, 0.15) is 12.8 Å². The minimum absolute atomic E-state index is 0.381. The van der Waals surface area contributed by atoms with Gasteiger partial charge in [-0.1, -0.05) is 0 Å². The Morgan fingerprint density at radius 3 is 2.90 bits per heavy atom. The van der Waals surface area contributed by atoms with Crippen LogP contribution >= 0.6 is 0 Å². The lowest BCUT2D eigenvalue weighted by molar-refractivity contribution is -0.109. The highest BCUT2D eigenvalue weighted by Crippen LogP contribution is 2.45. The molecule has 10 heavy (non-hydrogen) atoms. The van der Waals surface area contributed by atoms with E-state index in [1.807, 2.05) is 0 Å². The Morgan fingerprint density at radius 1 is 1.50 bits per heavy atom. The van der Waals surface area contributed by atoms with Crippen LogP contribution in [0.5, 0.6) is 0 Å². The zero-order valence-corrected chi connectivity index (χ0v) is 5.95. The number of hydrogen-bond acceptors (Lipinski definition) is 2. The molecule has 1 saturated carbocycles. The summed E-state index contributed by atoms with van der Waals surface area (Å²) >= 11 is 0. The maximum absolute atomic E-state index is 10.3. The van der Waals surface area contributed by atoms with Crippen molar-refractivity contribution in [1.82, 2.24) is 0 Å². The smallest absolute Gasteiger partial charge is 0.123 e. The summed E-state index contributed by atoms with van der Waals surface area (Å²) in [4.78, 5) is 10.3. The van der Waals surface area contributed by atoms with Crippen LogP contribution in [0.25, 0.3) is 0 Å².